The van der Waals surface area contributed by atoms with Gasteiger partial charge >= 0.3 is 5.97 Å². The zero-order valence-electron chi connectivity index (χ0n) is 13.1. The number of rotatable bonds is 5. The highest BCUT2D eigenvalue weighted by Crippen LogP contribution is 2.34. The van der Waals surface area contributed by atoms with Crippen molar-refractivity contribution >= 4 is 41.0 Å². The van der Waals surface area contributed by atoms with E-state index in [0.29, 0.717) is 0 Å². The van der Waals surface area contributed by atoms with Gasteiger partial charge < -0.3 is 14.0 Å². The van der Waals surface area contributed by atoms with Gasteiger partial charge in [-0.3, -0.25) is 10.1 Å². The van der Waals surface area contributed by atoms with E-state index in [2.05, 4.69) is 10.5 Å². The number of carbonyl (C=O) groups excluding carboxylic acids is 2. The van der Waals surface area contributed by atoms with E-state index < -0.39 is 11.9 Å². The number of anilines is 1. The molecule has 1 amide bonds. The number of aryl methyl sites for hydroxylation is 1. The van der Waals surface area contributed by atoms with Gasteiger partial charge in [-0.1, -0.05) is 28.4 Å². The number of esters is 1. The molecular formula is C15H14Cl2N2O5. The smallest absolute Gasteiger partial charge is 0.345 e. The molecule has 1 aromatic heterocycles. The summed E-state index contributed by atoms with van der Waals surface area (Å²) >= 11 is 12.1. The maximum atomic E-state index is 12.5. The second kappa shape index (κ2) is 7.55. The van der Waals surface area contributed by atoms with Crippen LogP contribution in [0, 0.1) is 6.92 Å². The zero-order chi connectivity index (χ0) is 17.9. The first-order chi connectivity index (χ1) is 11.4. The molecule has 0 atom stereocenters. The Morgan fingerprint density at radius 1 is 1.25 bits per heavy atom. The van der Waals surface area contributed by atoms with Gasteiger partial charge in [0.25, 0.3) is 5.91 Å². The Labute approximate surface area is 147 Å². The van der Waals surface area contributed by atoms with Crippen LogP contribution >= 0.6 is 23.2 Å². The van der Waals surface area contributed by atoms with Crippen molar-refractivity contribution in [3.8, 4) is 5.75 Å². The van der Waals surface area contributed by atoms with Crippen molar-refractivity contribution in [3.05, 3.63) is 39.0 Å². The molecule has 128 valence electrons. The van der Waals surface area contributed by atoms with Gasteiger partial charge in [-0.25, -0.2) is 4.79 Å². The lowest BCUT2D eigenvalue weighted by molar-refractivity contribution is 0.0526. The third-order valence-electron chi connectivity index (χ3n) is 3.06. The number of hydrogen-bond donors (Lipinski definition) is 1. The van der Waals surface area contributed by atoms with E-state index in [0.717, 1.165) is 0 Å². The van der Waals surface area contributed by atoms with Gasteiger partial charge in [0.05, 0.1) is 29.5 Å². The fourth-order valence-electron chi connectivity index (χ4n) is 2.01. The van der Waals surface area contributed by atoms with Crippen LogP contribution in [0.5, 0.6) is 5.75 Å². The van der Waals surface area contributed by atoms with E-state index in [9.17, 15) is 9.59 Å². The highest BCUT2D eigenvalue weighted by atomic mass is 35.5. The van der Waals surface area contributed by atoms with E-state index in [4.69, 9.17) is 37.2 Å². The van der Waals surface area contributed by atoms with Gasteiger partial charge in [-0.2, -0.15) is 0 Å². The highest BCUT2D eigenvalue weighted by Gasteiger charge is 2.26. The van der Waals surface area contributed by atoms with Crippen LogP contribution in [0.25, 0.3) is 0 Å². The van der Waals surface area contributed by atoms with Crippen LogP contribution in [-0.4, -0.2) is 30.7 Å². The molecule has 0 aliphatic carbocycles. The zero-order valence-corrected chi connectivity index (χ0v) is 14.6. The number of nitrogens with zero attached hydrogens (tertiary/aromatic N) is 1. The van der Waals surface area contributed by atoms with E-state index in [-0.39, 0.29) is 45.1 Å². The Morgan fingerprint density at radius 3 is 2.54 bits per heavy atom. The van der Waals surface area contributed by atoms with Crippen molar-refractivity contribution in [2.45, 2.75) is 13.8 Å². The monoisotopic (exact) mass is 372 g/mol. The first kappa shape index (κ1) is 18.1. The molecule has 0 saturated heterocycles. The van der Waals surface area contributed by atoms with Gasteiger partial charge in [-0.05, 0) is 26.0 Å². The van der Waals surface area contributed by atoms with Crippen molar-refractivity contribution in [2.75, 3.05) is 19.0 Å². The lowest BCUT2D eigenvalue weighted by Crippen LogP contribution is -2.16. The van der Waals surface area contributed by atoms with E-state index in [1.54, 1.807) is 13.8 Å². The van der Waals surface area contributed by atoms with E-state index in [1.165, 1.54) is 19.2 Å². The summed E-state index contributed by atoms with van der Waals surface area (Å²) in [5, 5.41) is 6.45. The molecule has 1 heterocycles. The topological polar surface area (TPSA) is 90.7 Å². The van der Waals surface area contributed by atoms with Crippen LogP contribution in [0.3, 0.4) is 0 Å². The molecule has 7 nitrogen and oxygen atoms in total. The maximum absolute atomic E-state index is 12.5. The van der Waals surface area contributed by atoms with Crippen LogP contribution < -0.4 is 10.1 Å². The van der Waals surface area contributed by atoms with Gasteiger partial charge in [0.2, 0.25) is 5.88 Å². The fourth-order valence-corrected chi connectivity index (χ4v) is 2.48. The molecule has 0 radical (unpaired) electrons. The lowest BCUT2D eigenvalue weighted by atomic mass is 10.1. The number of hydrogen-bond acceptors (Lipinski definition) is 6. The molecule has 1 aromatic carbocycles. The molecular weight excluding hydrogens is 359 g/mol. The summed E-state index contributed by atoms with van der Waals surface area (Å²) in [6, 6.07) is 2.96. The maximum Gasteiger partial charge on any atom is 0.345 e. The summed E-state index contributed by atoms with van der Waals surface area (Å²) in [5.41, 5.74) is 0.325. The molecule has 2 aromatic rings. The van der Waals surface area contributed by atoms with E-state index in [1.807, 2.05) is 0 Å². The van der Waals surface area contributed by atoms with Gasteiger partial charge in [0.1, 0.15) is 11.1 Å². The Kier molecular flexibility index (Phi) is 5.69. The largest absolute Gasteiger partial charge is 0.494 e. The predicted octanol–water partition coefficient (Wildman–Crippen LogP) is 3.73. The third kappa shape index (κ3) is 3.47. The predicted molar refractivity (Wildman–Crippen MR) is 88.2 cm³/mol. The molecule has 9 heteroatoms. The Balaban J connectivity index is 2.39. The standard InChI is InChI=1S/C15H14Cl2N2O5/c1-4-23-15(21)10-7(2)19-24-14(10)18-13(20)11-8(16)5-6-9(17)12(11)22-3/h5-6H,4H2,1-3H3,(H,18,20). The molecule has 0 unspecified atom stereocenters. The summed E-state index contributed by atoms with van der Waals surface area (Å²) in [5.74, 6) is -1.36. The third-order valence-corrected chi connectivity index (χ3v) is 3.67. The first-order valence-electron chi connectivity index (χ1n) is 6.87. The van der Waals surface area contributed by atoms with Gasteiger partial charge in [0, 0.05) is 0 Å². The van der Waals surface area contributed by atoms with Crippen LogP contribution in [0.1, 0.15) is 33.3 Å². The quantitative estimate of drug-likeness (QED) is 0.804. The van der Waals surface area contributed by atoms with E-state index >= 15 is 0 Å². The number of nitrogens with one attached hydrogen (secondary N) is 1. The van der Waals surface area contributed by atoms with Crippen molar-refractivity contribution in [2.24, 2.45) is 0 Å². The van der Waals surface area contributed by atoms with Crippen molar-refractivity contribution < 1.29 is 23.6 Å². The molecule has 0 bridgehead atoms. The lowest BCUT2D eigenvalue weighted by Gasteiger charge is -2.11. The summed E-state index contributed by atoms with van der Waals surface area (Å²) in [6.07, 6.45) is 0. The number of halogens is 2. The minimum Gasteiger partial charge on any atom is -0.494 e. The number of aromatic nitrogens is 1. The summed E-state index contributed by atoms with van der Waals surface area (Å²) in [6.45, 7) is 3.39. The van der Waals surface area contributed by atoms with Crippen LogP contribution in [0.4, 0.5) is 5.88 Å². The highest BCUT2D eigenvalue weighted by molar-refractivity contribution is 6.37. The van der Waals surface area contributed by atoms with Gasteiger partial charge in [-0.15, -0.1) is 0 Å². The second-order valence-electron chi connectivity index (χ2n) is 4.58. The number of amides is 1. The molecule has 0 saturated carbocycles. The number of benzene rings is 1. The molecule has 0 aliphatic rings. The summed E-state index contributed by atoms with van der Waals surface area (Å²) < 4.78 is 15.0. The number of ether oxygens (including phenoxy) is 2. The Morgan fingerprint density at radius 2 is 1.92 bits per heavy atom. The minimum atomic E-state index is -0.666. The van der Waals surface area contributed by atoms with Crippen molar-refractivity contribution in [3.63, 3.8) is 0 Å². The number of carbonyl (C=O) groups is 2. The Bertz CT molecular complexity index is 788. The average Bonchev–Trinajstić information content (AvgIpc) is 2.89. The van der Waals surface area contributed by atoms with Crippen LogP contribution in [-0.2, 0) is 4.74 Å². The molecule has 24 heavy (non-hydrogen) atoms. The Hall–Kier alpha value is -2.25. The van der Waals surface area contributed by atoms with Gasteiger partial charge in [0.15, 0.2) is 5.75 Å². The molecule has 0 spiro atoms. The summed E-state index contributed by atoms with van der Waals surface area (Å²) in [7, 11) is 1.36. The van der Waals surface area contributed by atoms with Crippen molar-refractivity contribution in [1.82, 2.24) is 5.16 Å². The van der Waals surface area contributed by atoms with Crippen molar-refractivity contribution in [1.29, 1.82) is 0 Å². The van der Waals surface area contributed by atoms with Crippen LogP contribution in [0.2, 0.25) is 10.0 Å². The molecule has 2 rings (SSSR count). The second-order valence-corrected chi connectivity index (χ2v) is 5.40. The average molecular weight is 373 g/mol. The number of methoxy groups -OCH3 is 1. The summed E-state index contributed by atoms with van der Waals surface area (Å²) in [4.78, 5) is 24.5. The SMILES string of the molecule is CCOC(=O)c1c(C)noc1NC(=O)c1c(Cl)ccc(Cl)c1OC. The van der Waals surface area contributed by atoms with Crippen LogP contribution in [0.15, 0.2) is 16.7 Å². The first-order valence-corrected chi connectivity index (χ1v) is 7.63. The molecule has 0 aliphatic heterocycles. The fraction of sp³-hybridized carbons (Fsp3) is 0.267. The molecule has 1 N–H and O–H groups in total. The molecule has 0 fully saturated rings. The minimum absolute atomic E-state index is 0.00975. The normalized spacial score (nSPS) is 10.4.